The van der Waals surface area contributed by atoms with Gasteiger partial charge in [0, 0.05) is 11.5 Å². The zero-order valence-electron chi connectivity index (χ0n) is 15.4. The summed E-state index contributed by atoms with van der Waals surface area (Å²) in [4.78, 5) is 25.0. The van der Waals surface area contributed by atoms with Crippen molar-refractivity contribution in [3.63, 3.8) is 0 Å². The van der Waals surface area contributed by atoms with Crippen LogP contribution in [0.2, 0.25) is 0 Å². The maximum Gasteiger partial charge on any atom is 0.249 e. The van der Waals surface area contributed by atoms with Crippen LogP contribution in [-0.2, 0) is 9.59 Å². The van der Waals surface area contributed by atoms with Gasteiger partial charge in [0.2, 0.25) is 16.9 Å². The fourth-order valence-corrected chi connectivity index (χ4v) is 3.56. The molecule has 2 aromatic rings. The normalized spacial score (nSPS) is 16.3. The van der Waals surface area contributed by atoms with Gasteiger partial charge in [-0.25, -0.2) is 4.39 Å². The van der Waals surface area contributed by atoms with Gasteiger partial charge in [0.1, 0.15) is 16.9 Å². The van der Waals surface area contributed by atoms with Crippen LogP contribution in [0, 0.1) is 17.7 Å². The molecule has 8 heteroatoms. The van der Waals surface area contributed by atoms with E-state index in [0.29, 0.717) is 10.1 Å². The molecule has 1 heterocycles. The van der Waals surface area contributed by atoms with E-state index in [1.807, 2.05) is 13.8 Å². The second-order valence-corrected chi connectivity index (χ2v) is 7.89. The number of halogens is 1. The summed E-state index contributed by atoms with van der Waals surface area (Å²) in [5.41, 5.74) is 0.728. The van der Waals surface area contributed by atoms with Crippen molar-refractivity contribution in [3.05, 3.63) is 30.1 Å². The number of benzene rings is 1. The Labute approximate surface area is 161 Å². The molecular formula is C19H23FN4O2S. The highest BCUT2D eigenvalue weighted by molar-refractivity contribution is 7.18. The van der Waals surface area contributed by atoms with Crippen LogP contribution in [0.15, 0.2) is 24.3 Å². The number of nitrogens with zero attached hydrogens (tertiary/aromatic N) is 2. The van der Waals surface area contributed by atoms with Crippen LogP contribution in [0.5, 0.6) is 0 Å². The highest BCUT2D eigenvalue weighted by Gasteiger charge is 2.32. The van der Waals surface area contributed by atoms with E-state index in [9.17, 15) is 14.0 Å². The number of hydrogen-bond acceptors (Lipinski definition) is 5. The fourth-order valence-electron chi connectivity index (χ4n) is 2.81. The third-order valence-electron chi connectivity index (χ3n) is 5.02. The van der Waals surface area contributed by atoms with Crippen molar-refractivity contribution in [1.82, 2.24) is 15.5 Å². The number of carbonyl (C=O) groups is 2. The lowest BCUT2D eigenvalue weighted by Gasteiger charge is -2.29. The topological polar surface area (TPSA) is 84.0 Å². The molecule has 3 rings (SSSR count). The van der Waals surface area contributed by atoms with Crippen LogP contribution >= 0.6 is 11.3 Å². The number of amides is 2. The second kappa shape index (κ2) is 8.56. The Morgan fingerprint density at radius 1 is 1.26 bits per heavy atom. The standard InChI is InChI=1S/C19H23FN4O2S/c1-3-11(2)15(21-16(25)12-5-4-6-12)17(26)22-19-24-23-18(27-19)13-7-9-14(20)10-8-13/h7-12,15H,3-6H2,1-2H3,(H,21,25)(H,22,24,26)/t11-,15+/m1/s1. The summed E-state index contributed by atoms with van der Waals surface area (Å²) >= 11 is 1.21. The predicted molar refractivity (Wildman–Crippen MR) is 103 cm³/mol. The summed E-state index contributed by atoms with van der Waals surface area (Å²) in [7, 11) is 0. The molecule has 0 aliphatic heterocycles. The van der Waals surface area contributed by atoms with Crippen LogP contribution < -0.4 is 10.6 Å². The minimum absolute atomic E-state index is 0.00137. The second-order valence-electron chi connectivity index (χ2n) is 6.91. The van der Waals surface area contributed by atoms with Crippen molar-refractivity contribution in [3.8, 4) is 10.6 Å². The first-order chi connectivity index (χ1) is 13.0. The molecule has 2 N–H and O–H groups in total. The molecule has 2 atom stereocenters. The van der Waals surface area contributed by atoms with Crippen LogP contribution in [0.1, 0.15) is 39.5 Å². The van der Waals surface area contributed by atoms with E-state index in [4.69, 9.17) is 0 Å². The van der Waals surface area contributed by atoms with E-state index in [1.165, 1.54) is 23.5 Å². The van der Waals surface area contributed by atoms with E-state index < -0.39 is 6.04 Å². The maximum absolute atomic E-state index is 13.0. The van der Waals surface area contributed by atoms with Gasteiger partial charge >= 0.3 is 0 Å². The lowest BCUT2D eigenvalue weighted by Crippen LogP contribution is -2.50. The lowest BCUT2D eigenvalue weighted by atomic mass is 9.84. The molecule has 1 saturated carbocycles. The summed E-state index contributed by atoms with van der Waals surface area (Å²) < 4.78 is 13.0. The first kappa shape index (κ1) is 19.4. The molecule has 1 aliphatic rings. The Hall–Kier alpha value is -2.35. The van der Waals surface area contributed by atoms with Crippen LogP contribution in [0.25, 0.3) is 10.6 Å². The molecule has 0 spiro atoms. The summed E-state index contributed by atoms with van der Waals surface area (Å²) in [5.74, 6) is -0.644. The van der Waals surface area contributed by atoms with Crippen molar-refractivity contribution in [2.45, 2.75) is 45.6 Å². The summed E-state index contributed by atoms with van der Waals surface area (Å²) in [5, 5.41) is 14.6. The Kier molecular flexibility index (Phi) is 6.15. The molecule has 0 bridgehead atoms. The number of nitrogens with one attached hydrogen (secondary N) is 2. The minimum Gasteiger partial charge on any atom is -0.344 e. The van der Waals surface area contributed by atoms with E-state index >= 15 is 0 Å². The zero-order valence-corrected chi connectivity index (χ0v) is 16.2. The monoisotopic (exact) mass is 390 g/mol. The molecule has 0 unspecified atom stereocenters. The molecule has 27 heavy (non-hydrogen) atoms. The van der Waals surface area contributed by atoms with E-state index in [-0.39, 0.29) is 29.5 Å². The highest BCUT2D eigenvalue weighted by atomic mass is 32.1. The van der Waals surface area contributed by atoms with Crippen molar-refractivity contribution < 1.29 is 14.0 Å². The van der Waals surface area contributed by atoms with Crippen LogP contribution in [0.4, 0.5) is 9.52 Å². The van der Waals surface area contributed by atoms with Gasteiger partial charge in [-0.05, 0) is 43.0 Å². The summed E-state index contributed by atoms with van der Waals surface area (Å²) in [6.07, 6.45) is 3.60. The molecule has 0 saturated heterocycles. The Bertz CT molecular complexity index is 804. The van der Waals surface area contributed by atoms with Crippen molar-refractivity contribution in [2.75, 3.05) is 5.32 Å². The van der Waals surface area contributed by atoms with Gasteiger partial charge in [-0.3, -0.25) is 14.9 Å². The van der Waals surface area contributed by atoms with E-state index in [2.05, 4.69) is 20.8 Å². The molecule has 2 amide bonds. The molecule has 6 nitrogen and oxygen atoms in total. The molecule has 1 fully saturated rings. The largest absolute Gasteiger partial charge is 0.344 e. The maximum atomic E-state index is 13.0. The fraction of sp³-hybridized carbons (Fsp3) is 0.474. The smallest absolute Gasteiger partial charge is 0.249 e. The molecular weight excluding hydrogens is 367 g/mol. The lowest BCUT2D eigenvalue weighted by molar-refractivity contribution is -0.132. The van der Waals surface area contributed by atoms with E-state index in [0.717, 1.165) is 31.2 Å². The Balaban J connectivity index is 1.67. The minimum atomic E-state index is -0.610. The first-order valence-corrected chi connectivity index (χ1v) is 10.00. The van der Waals surface area contributed by atoms with Crippen molar-refractivity contribution in [1.29, 1.82) is 0 Å². The van der Waals surface area contributed by atoms with Crippen molar-refractivity contribution >= 4 is 28.3 Å². The van der Waals surface area contributed by atoms with Crippen LogP contribution in [-0.4, -0.2) is 28.1 Å². The third kappa shape index (κ3) is 4.68. The quantitative estimate of drug-likeness (QED) is 0.756. The summed E-state index contributed by atoms with van der Waals surface area (Å²) in [6, 6.07) is 5.32. The average Bonchev–Trinajstić information content (AvgIpc) is 3.06. The van der Waals surface area contributed by atoms with Gasteiger partial charge in [0.15, 0.2) is 0 Å². The molecule has 1 aliphatic carbocycles. The first-order valence-electron chi connectivity index (χ1n) is 9.18. The highest BCUT2D eigenvalue weighted by Crippen LogP contribution is 2.28. The molecule has 1 aromatic heterocycles. The van der Waals surface area contributed by atoms with Crippen LogP contribution in [0.3, 0.4) is 0 Å². The number of anilines is 1. The number of carbonyl (C=O) groups excluding carboxylic acids is 2. The van der Waals surface area contributed by atoms with Crippen molar-refractivity contribution in [2.24, 2.45) is 11.8 Å². The van der Waals surface area contributed by atoms with Gasteiger partial charge in [-0.2, -0.15) is 0 Å². The molecule has 1 aromatic carbocycles. The third-order valence-corrected chi connectivity index (χ3v) is 5.90. The Morgan fingerprint density at radius 3 is 2.56 bits per heavy atom. The SMILES string of the molecule is CC[C@@H](C)[C@H](NC(=O)C1CCC1)C(=O)Nc1nnc(-c2ccc(F)cc2)s1. The molecule has 144 valence electrons. The van der Waals surface area contributed by atoms with Gasteiger partial charge in [0.05, 0.1) is 0 Å². The zero-order chi connectivity index (χ0) is 19.4. The predicted octanol–water partition coefficient (Wildman–Crippen LogP) is 3.61. The average molecular weight is 390 g/mol. The van der Waals surface area contributed by atoms with Gasteiger partial charge in [-0.1, -0.05) is 38.0 Å². The van der Waals surface area contributed by atoms with Gasteiger partial charge < -0.3 is 5.32 Å². The number of aromatic nitrogens is 2. The molecule has 0 radical (unpaired) electrons. The van der Waals surface area contributed by atoms with Gasteiger partial charge in [0.25, 0.3) is 0 Å². The Morgan fingerprint density at radius 2 is 1.96 bits per heavy atom. The van der Waals surface area contributed by atoms with E-state index in [1.54, 1.807) is 12.1 Å². The summed E-state index contributed by atoms with van der Waals surface area (Å²) in [6.45, 7) is 3.92. The number of rotatable bonds is 7. The van der Waals surface area contributed by atoms with Gasteiger partial charge in [-0.15, -0.1) is 10.2 Å². The number of hydrogen-bond donors (Lipinski definition) is 2.